The van der Waals surface area contributed by atoms with Crippen molar-refractivity contribution in [3.63, 3.8) is 0 Å². The molecule has 0 N–H and O–H groups in total. The minimum Gasteiger partial charge on any atom is -0.286 e. The van der Waals surface area contributed by atoms with Crippen molar-refractivity contribution < 1.29 is 9.18 Å². The molecule has 0 saturated heterocycles. The molecule has 0 amide bonds. The number of allylic oxidation sites excluding steroid dienone is 1. The Kier molecular flexibility index (Phi) is 3.68. The lowest BCUT2D eigenvalue weighted by Gasteiger charge is -1.99. The molecule has 0 unspecified atom stereocenters. The van der Waals surface area contributed by atoms with Crippen molar-refractivity contribution in [2.24, 2.45) is 0 Å². The summed E-state index contributed by atoms with van der Waals surface area (Å²) in [6.07, 6.45) is 1.25. The molecule has 0 fully saturated rings. The van der Waals surface area contributed by atoms with E-state index in [4.69, 9.17) is 0 Å². The topological polar surface area (TPSA) is 17.1 Å². The summed E-state index contributed by atoms with van der Waals surface area (Å²) in [6.45, 7) is 1.92. The number of aryl methyl sites for hydroxylation is 1. The number of ketones is 1. The normalized spacial score (nSPS) is 11.3. The largest absolute Gasteiger partial charge is 0.286 e. The van der Waals surface area contributed by atoms with Crippen molar-refractivity contribution in [3.8, 4) is 0 Å². The summed E-state index contributed by atoms with van der Waals surface area (Å²) in [6, 6.07) is 15.8. The molecule has 0 bridgehead atoms. The number of carbonyl (C=O) groups excluding carboxylic acids is 1. The van der Waals surface area contributed by atoms with Gasteiger partial charge < -0.3 is 0 Å². The first kappa shape index (κ1) is 12.2. The number of hydrogen-bond donors (Lipinski definition) is 0. The number of benzene rings is 2. The van der Waals surface area contributed by atoms with Gasteiger partial charge in [0.2, 0.25) is 5.78 Å². The van der Waals surface area contributed by atoms with Crippen LogP contribution in [0.5, 0.6) is 0 Å². The fraction of sp³-hybridized carbons (Fsp3) is 0.0625. The molecule has 0 aliphatic carbocycles. The van der Waals surface area contributed by atoms with Gasteiger partial charge in [-0.2, -0.15) is 0 Å². The fourth-order valence-electron chi connectivity index (χ4n) is 1.60. The van der Waals surface area contributed by atoms with Crippen LogP contribution in [0.15, 0.2) is 60.4 Å². The van der Waals surface area contributed by atoms with Gasteiger partial charge in [0.05, 0.1) is 0 Å². The monoisotopic (exact) mass is 240 g/mol. The number of hydrogen-bond acceptors (Lipinski definition) is 1. The maximum atomic E-state index is 13.8. The minimum atomic E-state index is -0.745. The number of rotatable bonds is 3. The lowest BCUT2D eigenvalue weighted by Crippen LogP contribution is -1.99. The summed E-state index contributed by atoms with van der Waals surface area (Å²) < 4.78 is 13.8. The predicted octanol–water partition coefficient (Wildman–Crippen LogP) is 4.19. The van der Waals surface area contributed by atoms with Crippen LogP contribution >= 0.6 is 0 Å². The number of Topliss-reactive ketones (excluding diaryl/α,β-unsaturated/α-hetero) is 1. The van der Waals surface area contributed by atoms with E-state index in [1.165, 1.54) is 6.08 Å². The summed E-state index contributed by atoms with van der Waals surface area (Å²) in [4.78, 5) is 11.8. The predicted molar refractivity (Wildman–Crippen MR) is 71.0 cm³/mol. The van der Waals surface area contributed by atoms with Crippen LogP contribution in [0.4, 0.5) is 4.39 Å². The van der Waals surface area contributed by atoms with Gasteiger partial charge in [-0.1, -0.05) is 60.2 Å². The molecule has 2 heteroatoms. The summed E-state index contributed by atoms with van der Waals surface area (Å²) in [5, 5.41) is 0. The Hall–Kier alpha value is -2.22. The lowest BCUT2D eigenvalue weighted by atomic mass is 10.1. The van der Waals surface area contributed by atoms with E-state index in [1.807, 2.05) is 13.0 Å². The Morgan fingerprint density at radius 2 is 1.61 bits per heavy atom. The molecule has 0 aliphatic heterocycles. The molecule has 0 heterocycles. The molecule has 2 aromatic carbocycles. The summed E-state index contributed by atoms with van der Waals surface area (Å²) in [5.74, 6) is -1.33. The maximum Gasteiger partial charge on any atom is 0.221 e. The van der Waals surface area contributed by atoms with Crippen LogP contribution in [0.2, 0.25) is 0 Å². The Bertz CT molecular complexity index is 568. The zero-order valence-corrected chi connectivity index (χ0v) is 10.1. The molecule has 0 aromatic heterocycles. The van der Waals surface area contributed by atoms with Crippen LogP contribution in [-0.4, -0.2) is 5.78 Å². The Morgan fingerprint density at radius 1 is 1.00 bits per heavy atom. The first-order valence-electron chi connectivity index (χ1n) is 5.70. The molecule has 2 aromatic rings. The van der Waals surface area contributed by atoms with Crippen LogP contribution in [0, 0.1) is 6.92 Å². The molecule has 1 nitrogen and oxygen atoms in total. The van der Waals surface area contributed by atoms with Gasteiger partial charge >= 0.3 is 0 Å². The van der Waals surface area contributed by atoms with Gasteiger partial charge in [0.1, 0.15) is 0 Å². The molecule has 18 heavy (non-hydrogen) atoms. The number of halogens is 1. The van der Waals surface area contributed by atoms with Gasteiger partial charge in [0.25, 0.3) is 0 Å². The third kappa shape index (κ3) is 2.92. The fourth-order valence-corrected chi connectivity index (χ4v) is 1.60. The lowest BCUT2D eigenvalue weighted by molar-refractivity contribution is 0.101. The maximum absolute atomic E-state index is 13.8. The summed E-state index contributed by atoms with van der Waals surface area (Å²) in [5.41, 5.74) is 2.08. The second-order valence-corrected chi connectivity index (χ2v) is 4.10. The average molecular weight is 240 g/mol. The van der Waals surface area contributed by atoms with Crippen LogP contribution in [-0.2, 0) is 0 Å². The second kappa shape index (κ2) is 5.41. The van der Waals surface area contributed by atoms with Crippen LogP contribution < -0.4 is 0 Å². The zero-order chi connectivity index (χ0) is 13.0. The molecule has 90 valence electrons. The highest BCUT2D eigenvalue weighted by Gasteiger charge is 2.11. The first-order valence-corrected chi connectivity index (χ1v) is 5.70. The van der Waals surface area contributed by atoms with Crippen LogP contribution in [0.3, 0.4) is 0 Å². The molecule has 2 rings (SSSR count). The highest BCUT2D eigenvalue weighted by atomic mass is 19.1. The zero-order valence-electron chi connectivity index (χ0n) is 10.1. The van der Waals surface area contributed by atoms with Crippen molar-refractivity contribution in [1.29, 1.82) is 0 Å². The van der Waals surface area contributed by atoms with Crippen LogP contribution in [0.1, 0.15) is 21.5 Å². The highest BCUT2D eigenvalue weighted by molar-refractivity contribution is 6.09. The molecule has 0 radical (unpaired) electrons. The van der Waals surface area contributed by atoms with Crippen molar-refractivity contribution >= 4 is 11.9 Å². The molecular formula is C16H13FO. The van der Waals surface area contributed by atoms with E-state index in [9.17, 15) is 9.18 Å². The van der Waals surface area contributed by atoms with Crippen molar-refractivity contribution in [2.75, 3.05) is 0 Å². The minimum absolute atomic E-state index is 0.366. The van der Waals surface area contributed by atoms with Gasteiger partial charge in [-0.3, -0.25) is 4.79 Å². The van der Waals surface area contributed by atoms with Crippen molar-refractivity contribution in [2.45, 2.75) is 6.92 Å². The van der Waals surface area contributed by atoms with Crippen molar-refractivity contribution in [1.82, 2.24) is 0 Å². The first-order chi connectivity index (χ1) is 8.66. The Balaban J connectivity index is 2.24. The van der Waals surface area contributed by atoms with E-state index in [-0.39, 0.29) is 0 Å². The Labute approximate surface area is 106 Å². The Morgan fingerprint density at radius 3 is 2.22 bits per heavy atom. The summed E-state index contributed by atoms with van der Waals surface area (Å²) >= 11 is 0. The van der Waals surface area contributed by atoms with Gasteiger partial charge in [-0.15, -0.1) is 0 Å². The third-order valence-corrected chi connectivity index (χ3v) is 2.62. The van der Waals surface area contributed by atoms with E-state index < -0.39 is 11.6 Å². The molecular weight excluding hydrogens is 227 g/mol. The van der Waals surface area contributed by atoms with Crippen LogP contribution in [0.25, 0.3) is 6.08 Å². The third-order valence-electron chi connectivity index (χ3n) is 2.62. The smallest absolute Gasteiger partial charge is 0.221 e. The van der Waals surface area contributed by atoms with E-state index in [0.29, 0.717) is 11.1 Å². The highest BCUT2D eigenvalue weighted by Crippen LogP contribution is 2.14. The van der Waals surface area contributed by atoms with Gasteiger partial charge in [-0.05, 0) is 18.6 Å². The second-order valence-electron chi connectivity index (χ2n) is 4.10. The van der Waals surface area contributed by atoms with E-state index in [1.54, 1.807) is 48.5 Å². The van der Waals surface area contributed by atoms with E-state index >= 15 is 0 Å². The standard InChI is InChI=1S/C16H13FO/c1-12-7-9-14(10-8-12)16(18)15(17)11-13-5-3-2-4-6-13/h2-11H,1H3. The molecule has 0 atom stereocenters. The van der Waals surface area contributed by atoms with Crippen molar-refractivity contribution in [3.05, 3.63) is 77.1 Å². The summed E-state index contributed by atoms with van der Waals surface area (Å²) in [7, 11) is 0. The van der Waals surface area contributed by atoms with E-state index in [0.717, 1.165) is 5.56 Å². The van der Waals surface area contributed by atoms with E-state index in [2.05, 4.69) is 0 Å². The van der Waals surface area contributed by atoms with Gasteiger partial charge in [0.15, 0.2) is 5.83 Å². The van der Waals surface area contributed by atoms with Gasteiger partial charge in [0, 0.05) is 5.56 Å². The molecule has 0 spiro atoms. The molecule has 0 aliphatic rings. The van der Waals surface area contributed by atoms with Gasteiger partial charge in [-0.25, -0.2) is 4.39 Å². The SMILES string of the molecule is Cc1ccc(C(=O)C(F)=Cc2ccccc2)cc1. The average Bonchev–Trinajstić information content (AvgIpc) is 2.40. The quantitative estimate of drug-likeness (QED) is 0.580. The number of carbonyl (C=O) groups is 1. The molecule has 0 saturated carbocycles.